The highest BCUT2D eigenvalue weighted by atomic mass is 16.5. The molecular formula is C14H21NO4. The smallest absolute Gasteiger partial charge is 0.308 e. The lowest BCUT2D eigenvalue weighted by Gasteiger charge is -2.21. The van der Waals surface area contributed by atoms with Gasteiger partial charge in [-0.3, -0.25) is 9.59 Å². The molecule has 0 spiro atoms. The van der Waals surface area contributed by atoms with Gasteiger partial charge in [0.1, 0.15) is 0 Å². The molecule has 0 aromatic rings. The van der Waals surface area contributed by atoms with Gasteiger partial charge in [-0.1, -0.05) is 6.08 Å². The molecule has 0 aromatic carbocycles. The van der Waals surface area contributed by atoms with Crippen LogP contribution in [0.25, 0.3) is 0 Å². The molecule has 0 bridgehead atoms. The van der Waals surface area contributed by atoms with Crippen molar-refractivity contribution in [3.63, 3.8) is 0 Å². The third kappa shape index (κ3) is 6.61. The summed E-state index contributed by atoms with van der Waals surface area (Å²) in [5.74, 6) is -1.07. The fourth-order valence-electron chi connectivity index (χ4n) is 1.46. The van der Waals surface area contributed by atoms with Crippen LogP contribution in [0.1, 0.15) is 40.5 Å². The lowest BCUT2D eigenvalue weighted by Crippen LogP contribution is -2.28. The zero-order valence-electron chi connectivity index (χ0n) is 11.9. The van der Waals surface area contributed by atoms with Crippen molar-refractivity contribution in [2.45, 2.75) is 52.7 Å². The first-order valence-corrected chi connectivity index (χ1v) is 6.18. The van der Waals surface area contributed by atoms with Crippen molar-refractivity contribution in [2.24, 2.45) is 5.41 Å². The Morgan fingerprint density at radius 2 is 1.53 bits per heavy atom. The van der Waals surface area contributed by atoms with Crippen LogP contribution < -0.4 is 0 Å². The molecular weight excluding hydrogens is 246 g/mol. The molecule has 0 rings (SSSR count). The molecule has 0 heterocycles. The van der Waals surface area contributed by atoms with E-state index in [2.05, 4.69) is 6.58 Å². The van der Waals surface area contributed by atoms with Crippen molar-refractivity contribution in [1.29, 1.82) is 5.26 Å². The van der Waals surface area contributed by atoms with Gasteiger partial charge in [-0.05, 0) is 27.7 Å². The van der Waals surface area contributed by atoms with Crippen molar-refractivity contribution in [2.75, 3.05) is 0 Å². The second kappa shape index (κ2) is 7.57. The van der Waals surface area contributed by atoms with Crippen LogP contribution in [0, 0.1) is 16.7 Å². The maximum Gasteiger partial charge on any atom is 0.308 e. The number of hydrogen-bond acceptors (Lipinski definition) is 5. The van der Waals surface area contributed by atoms with E-state index >= 15 is 0 Å². The van der Waals surface area contributed by atoms with Gasteiger partial charge >= 0.3 is 11.9 Å². The van der Waals surface area contributed by atoms with Gasteiger partial charge in [0.05, 0.1) is 36.5 Å². The van der Waals surface area contributed by atoms with E-state index in [1.165, 1.54) is 6.08 Å². The van der Waals surface area contributed by atoms with Crippen LogP contribution in [0.15, 0.2) is 12.7 Å². The van der Waals surface area contributed by atoms with Crippen molar-refractivity contribution >= 4 is 11.9 Å². The van der Waals surface area contributed by atoms with Gasteiger partial charge in [-0.25, -0.2) is 0 Å². The first kappa shape index (κ1) is 17.2. The van der Waals surface area contributed by atoms with Crippen LogP contribution in [-0.2, 0) is 19.1 Å². The summed E-state index contributed by atoms with van der Waals surface area (Å²) in [6.07, 6.45) is 0.347. The van der Waals surface area contributed by atoms with E-state index in [4.69, 9.17) is 9.47 Å². The number of nitriles is 1. The van der Waals surface area contributed by atoms with Gasteiger partial charge in [-0.15, -0.1) is 6.58 Å². The Labute approximate surface area is 114 Å². The van der Waals surface area contributed by atoms with Gasteiger partial charge in [0.25, 0.3) is 0 Å². The first-order valence-electron chi connectivity index (χ1n) is 6.18. The quantitative estimate of drug-likeness (QED) is 0.523. The number of nitrogens with zero attached hydrogens (tertiary/aromatic N) is 1. The molecule has 0 aromatic heterocycles. The Bertz CT molecular complexity index is 355. The van der Waals surface area contributed by atoms with Gasteiger partial charge in [0, 0.05) is 0 Å². The van der Waals surface area contributed by atoms with Crippen molar-refractivity contribution in [1.82, 2.24) is 0 Å². The zero-order chi connectivity index (χ0) is 15.1. The molecule has 0 atom stereocenters. The molecule has 0 saturated heterocycles. The largest absolute Gasteiger partial charge is 0.463 e. The number of rotatable bonds is 7. The molecule has 0 saturated carbocycles. The van der Waals surface area contributed by atoms with Crippen LogP contribution >= 0.6 is 0 Å². The predicted octanol–water partition coefficient (Wildman–Crippen LogP) is 2.37. The summed E-state index contributed by atoms with van der Waals surface area (Å²) < 4.78 is 9.96. The van der Waals surface area contributed by atoms with E-state index in [-0.39, 0.29) is 25.0 Å². The number of allylic oxidation sites excluding steroid dienone is 1. The van der Waals surface area contributed by atoms with E-state index in [1.54, 1.807) is 27.7 Å². The Hall–Kier alpha value is -1.83. The van der Waals surface area contributed by atoms with Gasteiger partial charge in [0.2, 0.25) is 0 Å². The Balaban J connectivity index is 4.77. The zero-order valence-corrected chi connectivity index (χ0v) is 11.9. The summed E-state index contributed by atoms with van der Waals surface area (Å²) in [7, 11) is 0. The standard InChI is InChI=1S/C14H21NO4/c1-6-14(9-15,7-12(16)18-10(2)3)8-13(17)19-11(4)5/h6,10-11H,1,7-8H2,2-5H3. The van der Waals surface area contributed by atoms with Crippen LogP contribution in [0.4, 0.5) is 0 Å². The summed E-state index contributed by atoms with van der Waals surface area (Å²) in [5.41, 5.74) is -1.28. The second-order valence-corrected chi connectivity index (χ2v) is 4.90. The highest BCUT2D eigenvalue weighted by Crippen LogP contribution is 2.28. The molecule has 0 amide bonds. The summed E-state index contributed by atoms with van der Waals surface area (Å²) in [5, 5.41) is 9.21. The minimum atomic E-state index is -1.28. The van der Waals surface area contributed by atoms with E-state index in [0.29, 0.717) is 0 Å². The van der Waals surface area contributed by atoms with Crippen LogP contribution in [-0.4, -0.2) is 24.1 Å². The summed E-state index contributed by atoms with van der Waals surface area (Å²) in [6.45, 7) is 10.4. The fourth-order valence-corrected chi connectivity index (χ4v) is 1.46. The molecule has 5 heteroatoms. The number of ether oxygens (including phenoxy) is 2. The van der Waals surface area contributed by atoms with Crippen molar-refractivity contribution in [3.8, 4) is 6.07 Å². The van der Waals surface area contributed by atoms with Gasteiger partial charge in [0.15, 0.2) is 0 Å². The fraction of sp³-hybridized carbons (Fsp3) is 0.643. The number of carbonyl (C=O) groups is 2. The average molecular weight is 267 g/mol. The van der Waals surface area contributed by atoms with E-state index < -0.39 is 17.4 Å². The lowest BCUT2D eigenvalue weighted by molar-refractivity contribution is -0.151. The monoisotopic (exact) mass is 267 g/mol. The van der Waals surface area contributed by atoms with Gasteiger partial charge < -0.3 is 9.47 Å². The third-order valence-corrected chi connectivity index (χ3v) is 2.27. The van der Waals surface area contributed by atoms with Crippen LogP contribution in [0.3, 0.4) is 0 Å². The summed E-state index contributed by atoms with van der Waals surface area (Å²) in [4.78, 5) is 23.2. The maximum atomic E-state index is 11.6. The maximum absolute atomic E-state index is 11.6. The average Bonchev–Trinajstić information content (AvgIpc) is 2.25. The number of carbonyl (C=O) groups excluding carboxylic acids is 2. The highest BCUT2D eigenvalue weighted by Gasteiger charge is 2.34. The van der Waals surface area contributed by atoms with Crippen molar-refractivity contribution < 1.29 is 19.1 Å². The molecule has 0 aliphatic rings. The molecule has 5 nitrogen and oxygen atoms in total. The molecule has 0 aliphatic carbocycles. The van der Waals surface area contributed by atoms with E-state index in [1.807, 2.05) is 6.07 Å². The number of hydrogen-bond donors (Lipinski definition) is 0. The normalized spacial score (nSPS) is 11.0. The van der Waals surface area contributed by atoms with E-state index in [9.17, 15) is 14.9 Å². The SMILES string of the molecule is C=CC(C#N)(CC(=O)OC(C)C)CC(=O)OC(C)C. The molecule has 106 valence electrons. The molecule has 0 fully saturated rings. The van der Waals surface area contributed by atoms with Gasteiger partial charge in [-0.2, -0.15) is 5.26 Å². The highest BCUT2D eigenvalue weighted by molar-refractivity contribution is 5.76. The topological polar surface area (TPSA) is 76.4 Å². The predicted molar refractivity (Wildman–Crippen MR) is 69.9 cm³/mol. The molecule has 0 N–H and O–H groups in total. The Kier molecular flexibility index (Phi) is 6.84. The molecule has 0 aliphatic heterocycles. The molecule has 0 unspecified atom stereocenters. The minimum Gasteiger partial charge on any atom is -0.463 e. The van der Waals surface area contributed by atoms with Crippen LogP contribution in [0.2, 0.25) is 0 Å². The Morgan fingerprint density at radius 1 is 1.16 bits per heavy atom. The van der Waals surface area contributed by atoms with Crippen LogP contribution in [0.5, 0.6) is 0 Å². The third-order valence-electron chi connectivity index (χ3n) is 2.27. The Morgan fingerprint density at radius 3 is 1.74 bits per heavy atom. The lowest BCUT2D eigenvalue weighted by atomic mass is 9.83. The second-order valence-electron chi connectivity index (χ2n) is 4.90. The number of esters is 2. The first-order chi connectivity index (χ1) is 8.74. The minimum absolute atomic E-state index is 0.210. The molecule has 19 heavy (non-hydrogen) atoms. The van der Waals surface area contributed by atoms with E-state index in [0.717, 1.165) is 0 Å². The summed E-state index contributed by atoms with van der Waals surface area (Å²) >= 11 is 0. The van der Waals surface area contributed by atoms with Crippen molar-refractivity contribution in [3.05, 3.63) is 12.7 Å². The summed E-state index contributed by atoms with van der Waals surface area (Å²) in [6, 6.07) is 1.95. The molecule has 0 radical (unpaired) electrons.